The number of carbonyl (C=O) groups excluding carboxylic acids is 1. The monoisotopic (exact) mass is 165 g/mol. The number of amides is 1. The van der Waals surface area contributed by atoms with E-state index in [9.17, 15) is 4.79 Å². The Labute approximate surface area is 63.6 Å². The van der Waals surface area contributed by atoms with E-state index in [4.69, 9.17) is 0 Å². The highest BCUT2D eigenvalue weighted by Gasteiger charge is 2.00. The minimum absolute atomic E-state index is 0.0394. The Morgan fingerprint density at radius 1 is 1.56 bits per heavy atom. The summed E-state index contributed by atoms with van der Waals surface area (Å²) in [4.78, 5) is 10.7. The van der Waals surface area contributed by atoms with Crippen LogP contribution in [0.1, 0.15) is 13.8 Å². The molecule has 54 valence electrons. The molecular formula is C5H11NOS2. The van der Waals surface area contributed by atoms with E-state index >= 15 is 0 Å². The smallest absolute Gasteiger partial charge is 0.289 e. The lowest BCUT2D eigenvalue weighted by molar-refractivity contribution is 0.259. The van der Waals surface area contributed by atoms with Gasteiger partial charge in [-0.3, -0.25) is 4.79 Å². The van der Waals surface area contributed by atoms with Crippen LogP contribution >= 0.6 is 21.6 Å². The Hall–Kier alpha value is 0.170. The van der Waals surface area contributed by atoms with Crippen molar-refractivity contribution in [1.82, 2.24) is 5.32 Å². The molecule has 0 saturated heterocycles. The molecule has 0 aliphatic heterocycles. The molecule has 1 amide bonds. The van der Waals surface area contributed by atoms with E-state index in [0.717, 1.165) is 0 Å². The molecule has 0 aromatic rings. The van der Waals surface area contributed by atoms with E-state index in [2.05, 4.69) is 5.32 Å². The fourth-order valence-corrected chi connectivity index (χ4v) is 1.37. The summed E-state index contributed by atoms with van der Waals surface area (Å²) in [5, 5.41) is 2.79. The Morgan fingerprint density at radius 3 is 2.44 bits per heavy atom. The second kappa shape index (κ2) is 4.99. The second-order valence-electron chi connectivity index (χ2n) is 1.84. The van der Waals surface area contributed by atoms with Crippen LogP contribution in [0.3, 0.4) is 0 Å². The number of carbonyl (C=O) groups is 1. The first-order valence-electron chi connectivity index (χ1n) is 2.68. The fraction of sp³-hybridized carbons (Fsp3) is 0.800. The lowest BCUT2D eigenvalue weighted by atomic mass is 10.4. The lowest BCUT2D eigenvalue weighted by Crippen LogP contribution is -2.25. The molecule has 0 saturated carbocycles. The van der Waals surface area contributed by atoms with Gasteiger partial charge in [0.05, 0.1) is 0 Å². The van der Waals surface area contributed by atoms with Gasteiger partial charge >= 0.3 is 0 Å². The molecule has 0 spiro atoms. The number of hydrogen-bond acceptors (Lipinski definition) is 3. The Morgan fingerprint density at radius 2 is 2.11 bits per heavy atom. The van der Waals surface area contributed by atoms with Crippen molar-refractivity contribution in [3.05, 3.63) is 0 Å². The maximum Gasteiger partial charge on any atom is 0.289 e. The fourth-order valence-electron chi connectivity index (χ4n) is 0.335. The molecule has 0 unspecified atom stereocenters. The van der Waals surface area contributed by atoms with Crippen LogP contribution in [0.15, 0.2) is 0 Å². The molecule has 0 rings (SSSR count). The number of nitrogens with one attached hydrogen (secondary N) is 1. The van der Waals surface area contributed by atoms with E-state index in [1.165, 1.54) is 21.6 Å². The Kier molecular flexibility index (Phi) is 5.09. The van der Waals surface area contributed by atoms with E-state index in [1.807, 2.05) is 20.1 Å². The van der Waals surface area contributed by atoms with E-state index in [1.54, 1.807) is 0 Å². The van der Waals surface area contributed by atoms with E-state index in [-0.39, 0.29) is 11.3 Å². The van der Waals surface area contributed by atoms with Gasteiger partial charge in [-0.1, -0.05) is 10.8 Å². The molecule has 0 aliphatic rings. The van der Waals surface area contributed by atoms with Gasteiger partial charge in [0.15, 0.2) is 0 Å². The summed E-state index contributed by atoms with van der Waals surface area (Å²) in [5.74, 6) is 0. The molecule has 4 heteroatoms. The zero-order valence-electron chi connectivity index (χ0n) is 5.80. The predicted octanol–water partition coefficient (Wildman–Crippen LogP) is 2.12. The average Bonchev–Trinajstić information content (AvgIpc) is 1.63. The largest absolute Gasteiger partial charge is 0.344 e. The van der Waals surface area contributed by atoms with E-state index in [0.29, 0.717) is 0 Å². The maximum atomic E-state index is 10.7. The summed E-state index contributed by atoms with van der Waals surface area (Å²) in [5.41, 5.74) is 0. The van der Waals surface area contributed by atoms with Crippen molar-refractivity contribution in [2.24, 2.45) is 0 Å². The van der Waals surface area contributed by atoms with Crippen molar-refractivity contribution < 1.29 is 4.79 Å². The highest BCUT2D eigenvalue weighted by atomic mass is 33.1. The predicted molar refractivity (Wildman–Crippen MR) is 44.8 cm³/mol. The third-order valence-corrected chi connectivity index (χ3v) is 1.96. The van der Waals surface area contributed by atoms with Gasteiger partial charge in [0.25, 0.3) is 5.24 Å². The van der Waals surface area contributed by atoms with Gasteiger partial charge in [-0.25, -0.2) is 0 Å². The first kappa shape index (κ1) is 9.17. The van der Waals surface area contributed by atoms with Gasteiger partial charge in [-0.2, -0.15) is 0 Å². The van der Waals surface area contributed by atoms with Crippen LogP contribution in [0.5, 0.6) is 0 Å². The molecule has 9 heavy (non-hydrogen) atoms. The molecule has 0 radical (unpaired) electrons. The third-order valence-electron chi connectivity index (χ3n) is 0.566. The van der Waals surface area contributed by atoms with Crippen LogP contribution in [-0.2, 0) is 0 Å². The number of hydrogen-bond donors (Lipinski definition) is 1. The van der Waals surface area contributed by atoms with Crippen LogP contribution in [-0.4, -0.2) is 17.5 Å². The first-order chi connectivity index (χ1) is 4.16. The van der Waals surface area contributed by atoms with Crippen molar-refractivity contribution in [1.29, 1.82) is 0 Å². The molecular weight excluding hydrogens is 154 g/mol. The van der Waals surface area contributed by atoms with Crippen LogP contribution in [0.2, 0.25) is 0 Å². The van der Waals surface area contributed by atoms with Crippen molar-refractivity contribution >= 4 is 26.8 Å². The summed E-state index contributed by atoms with van der Waals surface area (Å²) in [6.45, 7) is 3.89. The van der Waals surface area contributed by atoms with E-state index < -0.39 is 0 Å². The maximum absolute atomic E-state index is 10.7. The van der Waals surface area contributed by atoms with Crippen molar-refractivity contribution in [2.45, 2.75) is 19.9 Å². The summed E-state index contributed by atoms with van der Waals surface area (Å²) >= 11 is 0. The molecule has 0 atom stereocenters. The minimum atomic E-state index is 0.0394. The zero-order valence-corrected chi connectivity index (χ0v) is 7.44. The average molecular weight is 165 g/mol. The molecule has 0 aromatic carbocycles. The van der Waals surface area contributed by atoms with Gasteiger partial charge in [-0.15, -0.1) is 0 Å². The highest BCUT2D eigenvalue weighted by Crippen LogP contribution is 2.16. The Bertz CT molecular complexity index is 95.0. The van der Waals surface area contributed by atoms with Crippen molar-refractivity contribution in [3.63, 3.8) is 0 Å². The molecule has 0 aromatic heterocycles. The highest BCUT2D eigenvalue weighted by molar-refractivity contribution is 8.81. The SMILES string of the molecule is CSSC(=O)NC(C)C. The molecule has 2 nitrogen and oxygen atoms in total. The van der Waals surface area contributed by atoms with Crippen LogP contribution in [0, 0.1) is 0 Å². The van der Waals surface area contributed by atoms with Gasteiger partial charge in [0.2, 0.25) is 0 Å². The molecule has 0 fully saturated rings. The molecule has 0 bridgehead atoms. The topological polar surface area (TPSA) is 29.1 Å². The summed E-state index contributed by atoms with van der Waals surface area (Å²) < 4.78 is 0. The van der Waals surface area contributed by atoms with Crippen LogP contribution in [0.4, 0.5) is 4.79 Å². The van der Waals surface area contributed by atoms with Crippen LogP contribution in [0.25, 0.3) is 0 Å². The molecule has 0 heterocycles. The second-order valence-corrected chi connectivity index (χ2v) is 4.21. The van der Waals surface area contributed by atoms with Crippen LogP contribution < -0.4 is 5.32 Å². The Balaban J connectivity index is 3.27. The van der Waals surface area contributed by atoms with Gasteiger partial charge in [-0.05, 0) is 20.1 Å². The first-order valence-corrected chi connectivity index (χ1v) is 5.23. The van der Waals surface area contributed by atoms with Gasteiger partial charge in [0.1, 0.15) is 0 Å². The van der Waals surface area contributed by atoms with Gasteiger partial charge in [0, 0.05) is 16.8 Å². The van der Waals surface area contributed by atoms with Crippen molar-refractivity contribution in [3.8, 4) is 0 Å². The molecule has 0 aliphatic carbocycles. The van der Waals surface area contributed by atoms with Crippen molar-refractivity contribution in [2.75, 3.05) is 6.26 Å². The minimum Gasteiger partial charge on any atom is -0.344 e. The molecule has 1 N–H and O–H groups in total. The third kappa shape index (κ3) is 6.05. The standard InChI is InChI=1S/C5H11NOS2/c1-4(2)6-5(7)9-8-3/h4H,1-3H3,(H,6,7). The normalized spacial score (nSPS) is 9.78. The summed E-state index contributed by atoms with van der Waals surface area (Å²) in [6.07, 6.45) is 1.88. The quantitative estimate of drug-likeness (QED) is 0.635. The summed E-state index contributed by atoms with van der Waals surface area (Å²) in [6, 6.07) is 0.247. The lowest BCUT2D eigenvalue weighted by Gasteiger charge is -2.04. The number of rotatable bonds is 2. The zero-order chi connectivity index (χ0) is 7.28. The summed E-state index contributed by atoms with van der Waals surface area (Å²) in [7, 11) is 2.68. The van der Waals surface area contributed by atoms with Gasteiger partial charge < -0.3 is 5.32 Å².